The molecule has 1 aromatic carbocycles. The summed E-state index contributed by atoms with van der Waals surface area (Å²) >= 11 is 5.92. The maximum atomic E-state index is 12.8. The largest absolute Gasteiger partial charge is 0.314 e. The summed E-state index contributed by atoms with van der Waals surface area (Å²) in [4.78, 5) is 0. The lowest BCUT2D eigenvalue weighted by Crippen LogP contribution is -2.14. The second-order valence-corrected chi connectivity index (χ2v) is 3.97. The average Bonchev–Trinajstić information content (AvgIpc) is 2.51. The Labute approximate surface area is 86.9 Å². The van der Waals surface area contributed by atoms with Crippen LogP contribution in [0.2, 0.25) is 5.02 Å². The minimum Gasteiger partial charge on any atom is -0.314 e. The smallest absolute Gasteiger partial charge is 0.124 e. The lowest BCUT2D eigenvalue weighted by molar-refractivity contribution is -0.0691. The number of nitrogens with zero attached hydrogens (tertiary/aromatic N) is 1. The van der Waals surface area contributed by atoms with Crippen molar-refractivity contribution < 1.29 is 9.60 Å². The van der Waals surface area contributed by atoms with Crippen molar-refractivity contribution in [3.8, 4) is 0 Å². The van der Waals surface area contributed by atoms with E-state index in [-0.39, 0.29) is 11.7 Å². The third-order valence-electron chi connectivity index (χ3n) is 2.57. The van der Waals surface area contributed by atoms with Gasteiger partial charge in [-0.05, 0) is 24.1 Å². The monoisotopic (exact) mass is 215 g/mol. The first kappa shape index (κ1) is 9.90. The molecule has 0 radical (unpaired) electrons. The number of rotatable bonds is 1. The van der Waals surface area contributed by atoms with E-state index in [0.29, 0.717) is 18.1 Å². The van der Waals surface area contributed by atoms with Crippen molar-refractivity contribution in [1.82, 2.24) is 5.06 Å². The SMILES string of the molecule is ON1CCC(c2ccc(F)cc2Cl)C1. The third kappa shape index (κ3) is 1.90. The minimum absolute atomic E-state index is 0.216. The highest BCUT2D eigenvalue weighted by Crippen LogP contribution is 2.31. The van der Waals surface area contributed by atoms with Gasteiger partial charge >= 0.3 is 0 Å². The fourth-order valence-electron chi connectivity index (χ4n) is 1.83. The van der Waals surface area contributed by atoms with Crippen LogP contribution in [0.3, 0.4) is 0 Å². The molecular weight excluding hydrogens is 205 g/mol. The molecule has 1 atom stereocenters. The molecule has 0 bridgehead atoms. The molecule has 2 nitrogen and oxygen atoms in total. The predicted molar refractivity (Wildman–Crippen MR) is 52.1 cm³/mol. The summed E-state index contributed by atoms with van der Waals surface area (Å²) in [5, 5.41) is 10.9. The van der Waals surface area contributed by atoms with E-state index in [2.05, 4.69) is 0 Å². The van der Waals surface area contributed by atoms with Gasteiger partial charge in [-0.1, -0.05) is 17.7 Å². The van der Waals surface area contributed by atoms with Gasteiger partial charge < -0.3 is 5.21 Å². The molecule has 1 fully saturated rings. The molecule has 0 aliphatic carbocycles. The molecule has 4 heteroatoms. The summed E-state index contributed by atoms with van der Waals surface area (Å²) in [6.07, 6.45) is 0.863. The van der Waals surface area contributed by atoms with Crippen LogP contribution in [0.4, 0.5) is 4.39 Å². The first-order valence-corrected chi connectivity index (χ1v) is 4.93. The Hall–Kier alpha value is -0.640. The van der Waals surface area contributed by atoms with Crippen LogP contribution < -0.4 is 0 Å². The first-order valence-electron chi connectivity index (χ1n) is 4.55. The zero-order valence-corrected chi connectivity index (χ0v) is 8.34. The second-order valence-electron chi connectivity index (χ2n) is 3.56. The van der Waals surface area contributed by atoms with Crippen molar-refractivity contribution in [2.24, 2.45) is 0 Å². The van der Waals surface area contributed by atoms with E-state index in [4.69, 9.17) is 11.6 Å². The predicted octanol–water partition coefficient (Wildman–Crippen LogP) is 2.66. The second kappa shape index (κ2) is 3.85. The molecule has 1 aliphatic heterocycles. The van der Waals surface area contributed by atoms with Gasteiger partial charge in [0, 0.05) is 24.0 Å². The van der Waals surface area contributed by atoms with Crippen LogP contribution in [-0.2, 0) is 0 Å². The van der Waals surface area contributed by atoms with Gasteiger partial charge in [0.1, 0.15) is 5.82 Å². The molecule has 1 aliphatic rings. The highest BCUT2D eigenvalue weighted by Gasteiger charge is 2.24. The molecule has 1 N–H and O–H groups in total. The molecule has 1 aromatic rings. The van der Waals surface area contributed by atoms with Crippen molar-refractivity contribution in [3.05, 3.63) is 34.6 Å². The summed E-state index contributed by atoms with van der Waals surface area (Å²) in [6.45, 7) is 1.23. The third-order valence-corrected chi connectivity index (χ3v) is 2.90. The van der Waals surface area contributed by atoms with Gasteiger partial charge in [-0.15, -0.1) is 0 Å². The summed E-state index contributed by atoms with van der Waals surface area (Å²) in [5.74, 6) is -0.106. The van der Waals surface area contributed by atoms with Gasteiger partial charge in [-0.25, -0.2) is 4.39 Å². The van der Waals surface area contributed by atoms with Crippen molar-refractivity contribution in [2.45, 2.75) is 12.3 Å². The number of hydrogen-bond acceptors (Lipinski definition) is 2. The number of halogens is 2. The fourth-order valence-corrected chi connectivity index (χ4v) is 2.15. The van der Waals surface area contributed by atoms with Crippen LogP contribution in [0.25, 0.3) is 0 Å². The standard InChI is InChI=1S/C10H11ClFNO/c11-10-5-8(12)1-2-9(10)7-3-4-13(14)6-7/h1-2,5,7,14H,3-4,6H2. The normalized spacial score (nSPS) is 22.9. The Balaban J connectivity index is 2.24. The van der Waals surface area contributed by atoms with Crippen molar-refractivity contribution in [3.63, 3.8) is 0 Å². The zero-order chi connectivity index (χ0) is 10.1. The van der Waals surface area contributed by atoms with Crippen LogP contribution in [0.15, 0.2) is 18.2 Å². The molecule has 1 saturated heterocycles. The van der Waals surface area contributed by atoms with Crippen LogP contribution >= 0.6 is 11.6 Å². The molecule has 0 spiro atoms. The first-order chi connectivity index (χ1) is 6.66. The van der Waals surface area contributed by atoms with E-state index < -0.39 is 0 Å². The van der Waals surface area contributed by atoms with E-state index >= 15 is 0 Å². The number of benzene rings is 1. The highest BCUT2D eigenvalue weighted by molar-refractivity contribution is 6.31. The minimum atomic E-state index is -0.322. The molecule has 2 rings (SSSR count). The van der Waals surface area contributed by atoms with Crippen LogP contribution in [-0.4, -0.2) is 23.4 Å². The Morgan fingerprint density at radius 3 is 2.86 bits per heavy atom. The lowest BCUT2D eigenvalue weighted by atomic mass is 9.98. The van der Waals surface area contributed by atoms with Gasteiger partial charge in [0.2, 0.25) is 0 Å². The van der Waals surface area contributed by atoms with Crippen molar-refractivity contribution in [1.29, 1.82) is 0 Å². The van der Waals surface area contributed by atoms with Crippen LogP contribution in [0, 0.1) is 5.82 Å². The maximum Gasteiger partial charge on any atom is 0.124 e. The topological polar surface area (TPSA) is 23.5 Å². The fraction of sp³-hybridized carbons (Fsp3) is 0.400. The zero-order valence-electron chi connectivity index (χ0n) is 7.58. The van der Waals surface area contributed by atoms with E-state index in [0.717, 1.165) is 12.0 Å². The molecule has 76 valence electrons. The molecule has 0 aromatic heterocycles. The molecule has 1 heterocycles. The van der Waals surface area contributed by atoms with Gasteiger partial charge in [0.15, 0.2) is 0 Å². The van der Waals surface area contributed by atoms with Gasteiger partial charge in [0.25, 0.3) is 0 Å². The van der Waals surface area contributed by atoms with E-state index in [1.54, 1.807) is 6.07 Å². The van der Waals surface area contributed by atoms with Crippen LogP contribution in [0.5, 0.6) is 0 Å². The van der Waals surface area contributed by atoms with Crippen LogP contribution in [0.1, 0.15) is 17.9 Å². The Kier molecular flexibility index (Phi) is 2.72. The van der Waals surface area contributed by atoms with E-state index in [1.165, 1.54) is 17.2 Å². The summed E-state index contributed by atoms with van der Waals surface area (Å²) in [7, 11) is 0. The number of hydrogen-bond donors (Lipinski definition) is 1. The number of hydroxylamine groups is 2. The van der Waals surface area contributed by atoms with E-state index in [1.807, 2.05) is 0 Å². The highest BCUT2D eigenvalue weighted by atomic mass is 35.5. The molecule has 0 saturated carbocycles. The van der Waals surface area contributed by atoms with Crippen molar-refractivity contribution >= 4 is 11.6 Å². The van der Waals surface area contributed by atoms with Gasteiger partial charge in [-0.3, -0.25) is 0 Å². The van der Waals surface area contributed by atoms with Gasteiger partial charge in [-0.2, -0.15) is 5.06 Å². The van der Waals surface area contributed by atoms with Crippen molar-refractivity contribution in [2.75, 3.05) is 13.1 Å². The summed E-state index contributed by atoms with van der Waals surface area (Å²) in [5.41, 5.74) is 0.921. The Morgan fingerprint density at radius 2 is 2.29 bits per heavy atom. The maximum absolute atomic E-state index is 12.8. The molecule has 1 unspecified atom stereocenters. The molecular formula is C10H11ClFNO. The quantitative estimate of drug-likeness (QED) is 0.779. The Bertz CT molecular complexity index is 345. The average molecular weight is 216 g/mol. The molecule has 0 amide bonds. The summed E-state index contributed by atoms with van der Waals surface area (Å²) < 4.78 is 12.8. The van der Waals surface area contributed by atoms with E-state index in [9.17, 15) is 9.60 Å². The van der Waals surface area contributed by atoms with Gasteiger partial charge in [0.05, 0.1) is 0 Å². The molecule has 14 heavy (non-hydrogen) atoms. The lowest BCUT2D eigenvalue weighted by Gasteiger charge is -2.11. The Morgan fingerprint density at radius 1 is 1.50 bits per heavy atom. The summed E-state index contributed by atoms with van der Waals surface area (Å²) in [6, 6.07) is 4.42.